The number of para-hydroxylation sites is 1. The number of rotatable bonds is 3. The summed E-state index contributed by atoms with van der Waals surface area (Å²) in [4.78, 5) is 24.5. The molecule has 0 bridgehead atoms. The molecule has 5 heteroatoms. The number of nitro benzene ring substituents is 1. The quantitative estimate of drug-likeness (QED) is 0.620. The molecule has 0 aromatic heterocycles. The summed E-state index contributed by atoms with van der Waals surface area (Å²) in [6.45, 7) is 3.99. The second kappa shape index (κ2) is 5.38. The third-order valence-electron chi connectivity index (χ3n) is 3.68. The Bertz CT molecular complexity index is 513. The SMILES string of the molecule is CC(=O)C1CCCCN1c1cccc(C)c1[N+](=O)[O-]. The zero-order chi connectivity index (χ0) is 14.0. The molecule has 0 amide bonds. The van der Waals surface area contributed by atoms with Gasteiger partial charge in [-0.2, -0.15) is 0 Å². The minimum absolute atomic E-state index is 0.0792. The van der Waals surface area contributed by atoms with Gasteiger partial charge in [-0.3, -0.25) is 14.9 Å². The minimum atomic E-state index is -0.351. The summed E-state index contributed by atoms with van der Waals surface area (Å²) in [5.41, 5.74) is 1.33. The number of piperidine rings is 1. The summed E-state index contributed by atoms with van der Waals surface area (Å²) in [6, 6.07) is 5.05. The van der Waals surface area contributed by atoms with Crippen LogP contribution in [0.3, 0.4) is 0 Å². The number of aryl methyl sites for hydroxylation is 1. The Hall–Kier alpha value is -1.91. The molecule has 1 heterocycles. The van der Waals surface area contributed by atoms with Crippen molar-refractivity contribution in [3.8, 4) is 0 Å². The Balaban J connectivity index is 2.47. The monoisotopic (exact) mass is 262 g/mol. The molecule has 1 fully saturated rings. The van der Waals surface area contributed by atoms with Crippen LogP contribution in [-0.4, -0.2) is 23.3 Å². The summed E-state index contributed by atoms with van der Waals surface area (Å²) in [6.07, 6.45) is 2.75. The second-order valence-electron chi connectivity index (χ2n) is 5.02. The van der Waals surface area contributed by atoms with E-state index in [9.17, 15) is 14.9 Å². The first kappa shape index (κ1) is 13.5. The van der Waals surface area contributed by atoms with E-state index in [-0.39, 0.29) is 22.4 Å². The van der Waals surface area contributed by atoms with Crippen LogP contribution in [0, 0.1) is 17.0 Å². The maximum absolute atomic E-state index is 11.7. The van der Waals surface area contributed by atoms with E-state index in [1.165, 1.54) is 0 Å². The number of hydrogen-bond donors (Lipinski definition) is 0. The van der Waals surface area contributed by atoms with Gasteiger partial charge in [-0.25, -0.2) is 0 Å². The number of carbonyl (C=O) groups excluding carboxylic acids is 1. The van der Waals surface area contributed by atoms with Crippen LogP contribution < -0.4 is 4.90 Å². The maximum atomic E-state index is 11.7. The number of Topliss-reactive ketones (excluding diaryl/α,β-unsaturated/α-hetero) is 1. The van der Waals surface area contributed by atoms with Gasteiger partial charge >= 0.3 is 0 Å². The molecule has 2 rings (SSSR count). The number of benzene rings is 1. The lowest BCUT2D eigenvalue weighted by atomic mass is 9.97. The van der Waals surface area contributed by atoms with Crippen molar-refractivity contribution in [2.75, 3.05) is 11.4 Å². The summed E-state index contributed by atoms with van der Waals surface area (Å²) >= 11 is 0. The molecule has 102 valence electrons. The van der Waals surface area contributed by atoms with E-state index in [1.54, 1.807) is 26.0 Å². The van der Waals surface area contributed by atoms with Gasteiger partial charge in [0.25, 0.3) is 5.69 Å². The van der Waals surface area contributed by atoms with E-state index in [0.29, 0.717) is 17.8 Å². The van der Waals surface area contributed by atoms with Gasteiger partial charge in [-0.15, -0.1) is 0 Å². The standard InChI is InChI=1S/C14H18N2O3/c1-10-6-5-8-13(14(10)16(18)19)15-9-4-3-7-12(15)11(2)17/h5-6,8,12H,3-4,7,9H2,1-2H3. The molecule has 0 saturated carbocycles. The van der Waals surface area contributed by atoms with E-state index in [1.807, 2.05) is 11.0 Å². The lowest BCUT2D eigenvalue weighted by molar-refractivity contribution is -0.384. The molecule has 5 nitrogen and oxygen atoms in total. The van der Waals surface area contributed by atoms with Gasteiger partial charge in [0.2, 0.25) is 0 Å². The average Bonchev–Trinajstić information content (AvgIpc) is 2.37. The smallest absolute Gasteiger partial charge is 0.295 e. The van der Waals surface area contributed by atoms with Crippen molar-refractivity contribution in [3.05, 3.63) is 33.9 Å². The highest BCUT2D eigenvalue weighted by molar-refractivity contribution is 5.86. The van der Waals surface area contributed by atoms with Gasteiger partial charge < -0.3 is 4.90 Å². The Morgan fingerprint density at radius 1 is 1.42 bits per heavy atom. The first-order chi connectivity index (χ1) is 9.02. The van der Waals surface area contributed by atoms with E-state index in [0.717, 1.165) is 19.3 Å². The van der Waals surface area contributed by atoms with Crippen molar-refractivity contribution in [1.29, 1.82) is 0 Å². The molecule has 19 heavy (non-hydrogen) atoms. The predicted octanol–water partition coefficient (Wildman–Crippen LogP) is 2.85. The predicted molar refractivity (Wildman–Crippen MR) is 73.5 cm³/mol. The fourth-order valence-corrected chi connectivity index (χ4v) is 2.76. The van der Waals surface area contributed by atoms with Crippen LogP contribution in [0.1, 0.15) is 31.7 Å². The highest BCUT2D eigenvalue weighted by Gasteiger charge is 2.31. The van der Waals surface area contributed by atoms with Crippen LogP contribution in [0.25, 0.3) is 0 Å². The molecule has 0 N–H and O–H groups in total. The Morgan fingerprint density at radius 3 is 2.79 bits per heavy atom. The highest BCUT2D eigenvalue weighted by atomic mass is 16.6. The van der Waals surface area contributed by atoms with Crippen LogP contribution in [0.2, 0.25) is 0 Å². The lowest BCUT2D eigenvalue weighted by Gasteiger charge is -2.35. The maximum Gasteiger partial charge on any atom is 0.295 e. The van der Waals surface area contributed by atoms with Crippen molar-refractivity contribution in [1.82, 2.24) is 0 Å². The summed E-state index contributed by atoms with van der Waals surface area (Å²) in [7, 11) is 0. The van der Waals surface area contributed by atoms with Gasteiger partial charge in [-0.05, 0) is 39.2 Å². The summed E-state index contributed by atoms with van der Waals surface area (Å²) in [5.74, 6) is 0.0792. The third-order valence-corrected chi connectivity index (χ3v) is 3.68. The number of hydrogen-bond acceptors (Lipinski definition) is 4. The van der Waals surface area contributed by atoms with Crippen LogP contribution in [-0.2, 0) is 4.79 Å². The molecule has 0 radical (unpaired) electrons. The van der Waals surface area contributed by atoms with Crippen molar-refractivity contribution in [2.45, 2.75) is 39.2 Å². The van der Waals surface area contributed by atoms with Gasteiger partial charge in [-0.1, -0.05) is 12.1 Å². The normalized spacial score (nSPS) is 19.3. The van der Waals surface area contributed by atoms with Gasteiger partial charge in [0.05, 0.1) is 11.0 Å². The van der Waals surface area contributed by atoms with Gasteiger partial charge in [0.15, 0.2) is 5.78 Å². The molecule has 0 spiro atoms. The second-order valence-corrected chi connectivity index (χ2v) is 5.02. The van der Waals surface area contributed by atoms with E-state index < -0.39 is 0 Å². The Kier molecular flexibility index (Phi) is 3.83. The van der Waals surface area contributed by atoms with E-state index >= 15 is 0 Å². The number of anilines is 1. The van der Waals surface area contributed by atoms with Gasteiger partial charge in [0, 0.05) is 12.1 Å². The molecule has 0 aliphatic carbocycles. The molecular weight excluding hydrogens is 244 g/mol. The molecule has 1 atom stereocenters. The lowest BCUT2D eigenvalue weighted by Crippen LogP contribution is -2.44. The largest absolute Gasteiger partial charge is 0.356 e. The molecule has 1 aromatic rings. The van der Waals surface area contributed by atoms with Crippen LogP contribution >= 0.6 is 0 Å². The molecule has 1 aromatic carbocycles. The van der Waals surface area contributed by atoms with E-state index in [4.69, 9.17) is 0 Å². The van der Waals surface area contributed by atoms with Gasteiger partial charge in [0.1, 0.15) is 5.69 Å². The first-order valence-corrected chi connectivity index (χ1v) is 6.53. The average molecular weight is 262 g/mol. The van der Waals surface area contributed by atoms with Crippen molar-refractivity contribution >= 4 is 17.2 Å². The zero-order valence-corrected chi connectivity index (χ0v) is 11.3. The van der Waals surface area contributed by atoms with Crippen LogP contribution in [0.15, 0.2) is 18.2 Å². The molecule has 1 unspecified atom stereocenters. The first-order valence-electron chi connectivity index (χ1n) is 6.53. The zero-order valence-electron chi connectivity index (χ0n) is 11.3. The number of carbonyl (C=O) groups is 1. The van der Waals surface area contributed by atoms with Crippen LogP contribution in [0.5, 0.6) is 0 Å². The number of ketones is 1. The molecule has 1 aliphatic heterocycles. The van der Waals surface area contributed by atoms with Crippen molar-refractivity contribution in [3.63, 3.8) is 0 Å². The summed E-state index contributed by atoms with van der Waals surface area (Å²) in [5, 5.41) is 11.3. The van der Waals surface area contributed by atoms with Crippen molar-refractivity contribution in [2.24, 2.45) is 0 Å². The molecular formula is C14H18N2O3. The number of nitrogens with zero attached hydrogens (tertiary/aromatic N) is 2. The fourth-order valence-electron chi connectivity index (χ4n) is 2.76. The third kappa shape index (κ3) is 2.59. The molecule has 1 aliphatic rings. The summed E-state index contributed by atoms with van der Waals surface area (Å²) < 4.78 is 0. The number of nitro groups is 1. The molecule has 1 saturated heterocycles. The highest BCUT2D eigenvalue weighted by Crippen LogP contribution is 2.35. The van der Waals surface area contributed by atoms with E-state index in [2.05, 4.69) is 0 Å². The van der Waals surface area contributed by atoms with Crippen LogP contribution in [0.4, 0.5) is 11.4 Å². The van der Waals surface area contributed by atoms with Crippen molar-refractivity contribution < 1.29 is 9.72 Å². The minimum Gasteiger partial charge on any atom is -0.356 e. The topological polar surface area (TPSA) is 63.5 Å². The fraction of sp³-hybridized carbons (Fsp3) is 0.500. The Morgan fingerprint density at radius 2 is 2.16 bits per heavy atom. The Labute approximate surface area is 112 Å².